The molecule has 2 aliphatic carbocycles. The summed E-state index contributed by atoms with van der Waals surface area (Å²) in [7, 11) is 0. The zero-order valence-corrected chi connectivity index (χ0v) is 16.1. The van der Waals surface area contributed by atoms with Crippen molar-refractivity contribution < 1.29 is 29.2 Å². The molecule has 0 amide bonds. The Kier molecular flexibility index (Phi) is 4.38. The van der Waals surface area contributed by atoms with Crippen molar-refractivity contribution in [2.24, 2.45) is 10.8 Å². The second kappa shape index (κ2) is 6.27. The van der Waals surface area contributed by atoms with Gasteiger partial charge in [0.05, 0.1) is 19.3 Å². The highest BCUT2D eigenvalue weighted by Crippen LogP contribution is 2.71. The highest BCUT2D eigenvalue weighted by atomic mass is 16.6. The highest BCUT2D eigenvalue weighted by Gasteiger charge is 2.84. The first-order valence-corrected chi connectivity index (χ1v) is 9.59. The molecular formula is C21H28O6. The molecule has 27 heavy (non-hydrogen) atoms. The predicted octanol–water partition coefficient (Wildman–Crippen LogP) is 1.67. The average Bonchev–Trinajstić information content (AvgIpc) is 3.41. The smallest absolute Gasteiger partial charge is 0.331 e. The number of aliphatic hydroxyl groups is 2. The van der Waals surface area contributed by atoms with Gasteiger partial charge in [-0.25, -0.2) is 4.79 Å². The van der Waals surface area contributed by atoms with Crippen LogP contribution in [0.2, 0.25) is 0 Å². The lowest BCUT2D eigenvalue weighted by molar-refractivity contribution is -0.210. The van der Waals surface area contributed by atoms with Gasteiger partial charge in [0.15, 0.2) is 0 Å². The summed E-state index contributed by atoms with van der Waals surface area (Å²) in [5.74, 6) is -0.520. The average molecular weight is 376 g/mol. The van der Waals surface area contributed by atoms with E-state index in [1.165, 1.54) is 23.8 Å². The van der Waals surface area contributed by atoms with Crippen molar-refractivity contribution >= 4 is 5.97 Å². The molecule has 0 unspecified atom stereocenters. The van der Waals surface area contributed by atoms with Crippen LogP contribution in [0, 0.1) is 10.8 Å². The summed E-state index contributed by atoms with van der Waals surface area (Å²) in [5.41, 5.74) is -0.158. The van der Waals surface area contributed by atoms with E-state index in [-0.39, 0.29) is 18.1 Å². The summed E-state index contributed by atoms with van der Waals surface area (Å²) >= 11 is 0. The van der Waals surface area contributed by atoms with Gasteiger partial charge in [-0.2, -0.15) is 0 Å². The summed E-state index contributed by atoms with van der Waals surface area (Å²) in [6.45, 7) is 6.77. The molecule has 0 radical (unpaired) electrons. The van der Waals surface area contributed by atoms with Crippen LogP contribution in [0.25, 0.3) is 0 Å². The fraction of sp³-hybridized carbons (Fsp3) is 0.667. The fourth-order valence-electron chi connectivity index (χ4n) is 5.51. The molecule has 0 aromatic heterocycles. The Morgan fingerprint density at radius 3 is 2.81 bits per heavy atom. The number of epoxide rings is 1. The van der Waals surface area contributed by atoms with E-state index in [4.69, 9.17) is 19.3 Å². The monoisotopic (exact) mass is 376 g/mol. The number of esters is 1. The zero-order chi connectivity index (χ0) is 19.4. The van der Waals surface area contributed by atoms with E-state index in [0.29, 0.717) is 6.61 Å². The Hall–Kier alpha value is -1.47. The number of hydrogen-bond acceptors (Lipinski definition) is 6. The van der Waals surface area contributed by atoms with Crippen molar-refractivity contribution in [3.05, 3.63) is 36.0 Å². The zero-order valence-electron chi connectivity index (χ0n) is 16.1. The molecule has 4 aliphatic rings. The maximum Gasteiger partial charge on any atom is 0.331 e. The first kappa shape index (κ1) is 18.9. The maximum absolute atomic E-state index is 12.4. The van der Waals surface area contributed by atoms with Crippen molar-refractivity contribution in [1.82, 2.24) is 0 Å². The second-order valence-corrected chi connectivity index (χ2v) is 8.61. The summed E-state index contributed by atoms with van der Waals surface area (Å²) in [4.78, 5) is 12.4. The highest BCUT2D eigenvalue weighted by molar-refractivity contribution is 5.82. The minimum Gasteiger partial charge on any atom is -0.456 e. The minimum absolute atomic E-state index is 0.0929. The standard InChI is InChI=1S/C21H28O6/c1-13-8-9-19(2)14(11-13)26-18-16(24)17(20(19,3)21(18)12-25-21)27-15(23)7-5-4-6-10-22/h4-7,11,14,16-18,22,24H,8-10,12H2,1-3H3/b6-4+,7-5-/t14-,16-,17-,18-,19+,20-,21+/m1/s1. The lowest BCUT2D eigenvalue weighted by Gasteiger charge is -2.57. The normalized spacial score (nSPS) is 48.1. The van der Waals surface area contributed by atoms with Crippen LogP contribution in [0.15, 0.2) is 36.0 Å². The maximum atomic E-state index is 12.4. The van der Waals surface area contributed by atoms with Gasteiger partial charge >= 0.3 is 5.97 Å². The van der Waals surface area contributed by atoms with Gasteiger partial charge in [0.25, 0.3) is 0 Å². The molecule has 0 aromatic rings. The predicted molar refractivity (Wildman–Crippen MR) is 97.8 cm³/mol. The van der Waals surface area contributed by atoms with Crippen molar-refractivity contribution in [1.29, 1.82) is 0 Å². The summed E-state index contributed by atoms with van der Waals surface area (Å²) < 4.78 is 18.0. The molecule has 4 rings (SSSR count). The Morgan fingerprint density at radius 1 is 1.41 bits per heavy atom. The number of allylic oxidation sites excluding steroid dienone is 3. The SMILES string of the molecule is CC1=C[C@H]2O[C@@H]3[C@H](O)[C@@H](OC(=O)/C=C\C=C\CO)[C@](C)([C@@]2(C)CC1)[C@]31CO1. The lowest BCUT2D eigenvalue weighted by atomic mass is 9.52. The van der Waals surface area contributed by atoms with Gasteiger partial charge in [0, 0.05) is 16.9 Å². The summed E-state index contributed by atoms with van der Waals surface area (Å²) in [6, 6.07) is 0. The molecule has 2 aliphatic heterocycles. The van der Waals surface area contributed by atoms with E-state index in [1.54, 1.807) is 6.08 Å². The molecule has 3 fully saturated rings. The lowest BCUT2D eigenvalue weighted by Crippen LogP contribution is -2.63. The van der Waals surface area contributed by atoms with Crippen LogP contribution in [0.4, 0.5) is 0 Å². The Morgan fingerprint density at radius 2 is 2.15 bits per heavy atom. The first-order valence-electron chi connectivity index (χ1n) is 9.59. The molecule has 2 heterocycles. The van der Waals surface area contributed by atoms with Gasteiger partial charge in [0.1, 0.15) is 23.9 Å². The van der Waals surface area contributed by atoms with Crippen LogP contribution in [-0.2, 0) is 19.0 Å². The van der Waals surface area contributed by atoms with Crippen LogP contribution < -0.4 is 0 Å². The van der Waals surface area contributed by atoms with Gasteiger partial charge < -0.3 is 24.4 Å². The molecule has 2 bridgehead atoms. The number of aliphatic hydroxyl groups excluding tert-OH is 2. The number of carbonyl (C=O) groups excluding carboxylic acids is 1. The van der Waals surface area contributed by atoms with E-state index >= 15 is 0 Å². The number of hydrogen-bond donors (Lipinski definition) is 2. The van der Waals surface area contributed by atoms with Crippen molar-refractivity contribution in [3.8, 4) is 0 Å². The third kappa shape index (κ3) is 2.43. The number of rotatable bonds is 4. The molecule has 0 aromatic carbocycles. The van der Waals surface area contributed by atoms with E-state index in [0.717, 1.165) is 12.8 Å². The molecule has 2 N–H and O–H groups in total. The number of ether oxygens (including phenoxy) is 3. The topological polar surface area (TPSA) is 88.5 Å². The second-order valence-electron chi connectivity index (χ2n) is 8.61. The van der Waals surface area contributed by atoms with E-state index in [2.05, 4.69) is 26.8 Å². The van der Waals surface area contributed by atoms with Gasteiger partial charge in [-0.1, -0.05) is 43.7 Å². The molecule has 7 atom stereocenters. The van der Waals surface area contributed by atoms with E-state index in [1.807, 2.05) is 0 Å². The van der Waals surface area contributed by atoms with Crippen LogP contribution in [-0.4, -0.2) is 59.4 Å². The molecular weight excluding hydrogens is 348 g/mol. The van der Waals surface area contributed by atoms with Crippen molar-refractivity contribution in [3.63, 3.8) is 0 Å². The van der Waals surface area contributed by atoms with Crippen LogP contribution in [0.5, 0.6) is 0 Å². The molecule has 148 valence electrons. The third-order valence-electron chi connectivity index (χ3n) is 7.39. The van der Waals surface area contributed by atoms with Crippen LogP contribution in [0.3, 0.4) is 0 Å². The molecule has 1 saturated carbocycles. The van der Waals surface area contributed by atoms with Crippen molar-refractivity contribution in [2.75, 3.05) is 13.2 Å². The molecule has 6 nitrogen and oxygen atoms in total. The largest absolute Gasteiger partial charge is 0.456 e. The first-order chi connectivity index (χ1) is 12.8. The van der Waals surface area contributed by atoms with E-state index < -0.39 is 35.3 Å². The number of fused-ring (bicyclic) bond motifs is 2. The van der Waals surface area contributed by atoms with Gasteiger partial charge in [-0.15, -0.1) is 0 Å². The summed E-state index contributed by atoms with van der Waals surface area (Å²) in [6.07, 6.45) is 7.65. The van der Waals surface area contributed by atoms with Crippen LogP contribution in [0.1, 0.15) is 33.6 Å². The molecule has 1 spiro atoms. The summed E-state index contributed by atoms with van der Waals surface area (Å²) in [5, 5.41) is 19.8. The Balaban J connectivity index is 1.67. The van der Waals surface area contributed by atoms with E-state index in [9.17, 15) is 9.90 Å². The Labute approximate surface area is 159 Å². The fourth-order valence-corrected chi connectivity index (χ4v) is 5.51. The van der Waals surface area contributed by atoms with Gasteiger partial charge in [0.2, 0.25) is 0 Å². The van der Waals surface area contributed by atoms with Crippen molar-refractivity contribution in [2.45, 2.75) is 63.6 Å². The third-order valence-corrected chi connectivity index (χ3v) is 7.39. The Bertz CT molecular complexity index is 720. The quantitative estimate of drug-likeness (QED) is 0.255. The van der Waals surface area contributed by atoms with Gasteiger partial charge in [-0.3, -0.25) is 0 Å². The number of carbonyl (C=O) groups is 1. The minimum atomic E-state index is -0.932. The van der Waals surface area contributed by atoms with Crippen LogP contribution >= 0.6 is 0 Å². The van der Waals surface area contributed by atoms with Gasteiger partial charge in [-0.05, 0) is 19.8 Å². The molecule has 6 heteroatoms. The molecule has 2 saturated heterocycles.